The smallest absolute Gasteiger partial charge is 0.0967 e. The van der Waals surface area contributed by atoms with Crippen LogP contribution in [0, 0.1) is 0 Å². The molecule has 0 amide bonds. The normalized spacial score (nSPS) is 13.2. The molecule has 0 aromatic carbocycles. The highest BCUT2D eigenvalue weighted by Gasteiger charge is 2.06. The summed E-state index contributed by atoms with van der Waals surface area (Å²) >= 11 is 0. The maximum Gasteiger partial charge on any atom is 0.0967 e. The monoisotopic (exact) mass is 171 g/mol. The van der Waals surface area contributed by atoms with Crippen molar-refractivity contribution in [2.75, 3.05) is 6.61 Å². The zero-order valence-electron chi connectivity index (χ0n) is 7.01. The number of hydrogen-bond donors (Lipinski definition) is 2. The second-order valence-corrected chi connectivity index (χ2v) is 2.60. The van der Waals surface area contributed by atoms with Gasteiger partial charge in [-0.1, -0.05) is 12.1 Å². The Hall–Kier alpha value is -0.940. The van der Waals surface area contributed by atoms with Gasteiger partial charge in [-0.25, -0.2) is 4.68 Å². The number of hydrogen-bond acceptors (Lipinski definition) is 4. The lowest BCUT2D eigenvalue weighted by molar-refractivity contribution is 0.0771. The minimum Gasteiger partial charge on any atom is -0.394 e. The van der Waals surface area contributed by atoms with Crippen LogP contribution in [0.25, 0.3) is 0 Å². The van der Waals surface area contributed by atoms with Gasteiger partial charge in [0.2, 0.25) is 0 Å². The highest BCUT2D eigenvalue weighted by atomic mass is 16.3. The molecule has 0 saturated carbocycles. The van der Waals surface area contributed by atoms with E-state index in [0.717, 1.165) is 12.1 Å². The van der Waals surface area contributed by atoms with E-state index in [1.54, 1.807) is 10.9 Å². The van der Waals surface area contributed by atoms with E-state index in [1.165, 1.54) is 0 Å². The summed E-state index contributed by atoms with van der Waals surface area (Å²) in [5.74, 6) is 0. The Kier molecular flexibility index (Phi) is 3.19. The molecule has 1 aromatic heterocycles. The molecule has 0 aliphatic carbocycles. The average molecular weight is 171 g/mol. The zero-order chi connectivity index (χ0) is 8.97. The van der Waals surface area contributed by atoms with Crippen molar-refractivity contribution in [1.82, 2.24) is 15.0 Å². The maximum absolute atomic E-state index is 9.11. The molecule has 0 aliphatic rings. The van der Waals surface area contributed by atoms with Crippen LogP contribution < -0.4 is 0 Å². The molecule has 1 rings (SSSR count). The first kappa shape index (κ1) is 9.15. The minimum absolute atomic E-state index is 0.247. The van der Waals surface area contributed by atoms with Gasteiger partial charge in [0.05, 0.1) is 31.1 Å². The van der Waals surface area contributed by atoms with E-state index in [9.17, 15) is 0 Å². The summed E-state index contributed by atoms with van der Waals surface area (Å²) in [5.41, 5.74) is 0.961. The number of rotatable bonds is 4. The van der Waals surface area contributed by atoms with Crippen molar-refractivity contribution in [3.8, 4) is 0 Å². The first-order valence-corrected chi connectivity index (χ1v) is 3.94. The molecule has 1 unspecified atom stereocenters. The molecule has 1 aromatic rings. The number of aromatic nitrogens is 3. The summed E-state index contributed by atoms with van der Waals surface area (Å²) < 4.78 is 1.60. The van der Waals surface area contributed by atoms with Crippen LogP contribution in [0.1, 0.15) is 12.6 Å². The molecule has 5 nitrogen and oxygen atoms in total. The van der Waals surface area contributed by atoms with Crippen LogP contribution in [0.3, 0.4) is 0 Å². The molecular weight excluding hydrogens is 158 g/mol. The van der Waals surface area contributed by atoms with Gasteiger partial charge >= 0.3 is 0 Å². The molecule has 0 radical (unpaired) electrons. The van der Waals surface area contributed by atoms with Gasteiger partial charge in [0, 0.05) is 0 Å². The standard InChI is InChI=1S/C7H13N3O2/c1-2-6-3-8-9-10(6)4-7(12)5-11/h3,7,11-12H,2,4-5H2,1H3. The Bertz CT molecular complexity index is 236. The van der Waals surface area contributed by atoms with E-state index < -0.39 is 6.10 Å². The molecule has 12 heavy (non-hydrogen) atoms. The topological polar surface area (TPSA) is 71.2 Å². The van der Waals surface area contributed by atoms with Crippen LogP contribution in [0.5, 0.6) is 0 Å². The van der Waals surface area contributed by atoms with Gasteiger partial charge in [0.1, 0.15) is 0 Å². The maximum atomic E-state index is 9.11. The lowest BCUT2D eigenvalue weighted by atomic mass is 10.3. The van der Waals surface area contributed by atoms with Gasteiger partial charge in [-0.2, -0.15) is 0 Å². The summed E-state index contributed by atoms with van der Waals surface area (Å²) in [4.78, 5) is 0. The lowest BCUT2D eigenvalue weighted by Crippen LogP contribution is -2.21. The van der Waals surface area contributed by atoms with E-state index in [2.05, 4.69) is 10.3 Å². The molecule has 0 fully saturated rings. The molecule has 5 heteroatoms. The Morgan fingerprint density at radius 3 is 3.00 bits per heavy atom. The summed E-state index contributed by atoms with van der Waals surface area (Å²) in [5, 5.41) is 25.2. The molecule has 0 bridgehead atoms. The summed E-state index contributed by atoms with van der Waals surface area (Å²) in [6.07, 6.45) is 1.73. The van der Waals surface area contributed by atoms with Crippen LogP contribution in [0.2, 0.25) is 0 Å². The van der Waals surface area contributed by atoms with Crippen molar-refractivity contribution in [1.29, 1.82) is 0 Å². The highest BCUT2D eigenvalue weighted by molar-refractivity contribution is 4.92. The van der Waals surface area contributed by atoms with Crippen LogP contribution >= 0.6 is 0 Å². The Balaban J connectivity index is 2.61. The molecule has 1 atom stereocenters. The van der Waals surface area contributed by atoms with Crippen LogP contribution in [0.15, 0.2) is 6.20 Å². The van der Waals surface area contributed by atoms with Crippen molar-refractivity contribution in [2.24, 2.45) is 0 Å². The summed E-state index contributed by atoms with van der Waals surface area (Å²) in [6, 6.07) is 0. The molecule has 0 aliphatic heterocycles. The van der Waals surface area contributed by atoms with Crippen molar-refractivity contribution in [2.45, 2.75) is 26.0 Å². The van der Waals surface area contributed by atoms with Crippen molar-refractivity contribution >= 4 is 0 Å². The van der Waals surface area contributed by atoms with Gasteiger partial charge in [-0.3, -0.25) is 0 Å². The van der Waals surface area contributed by atoms with Crippen LogP contribution in [-0.4, -0.2) is 37.9 Å². The fourth-order valence-electron chi connectivity index (χ4n) is 0.964. The number of aliphatic hydroxyl groups is 2. The van der Waals surface area contributed by atoms with Gasteiger partial charge in [-0.05, 0) is 6.42 Å². The third kappa shape index (κ3) is 2.02. The Morgan fingerprint density at radius 2 is 2.42 bits per heavy atom. The second-order valence-electron chi connectivity index (χ2n) is 2.60. The van der Waals surface area contributed by atoms with Crippen molar-refractivity contribution in [3.05, 3.63) is 11.9 Å². The van der Waals surface area contributed by atoms with E-state index in [1.807, 2.05) is 6.92 Å². The predicted molar refractivity (Wildman–Crippen MR) is 42.5 cm³/mol. The Morgan fingerprint density at radius 1 is 1.67 bits per heavy atom. The van der Waals surface area contributed by atoms with Gasteiger partial charge in [0.25, 0.3) is 0 Å². The second kappa shape index (κ2) is 4.18. The lowest BCUT2D eigenvalue weighted by Gasteiger charge is -2.08. The molecular formula is C7H13N3O2. The zero-order valence-corrected chi connectivity index (χ0v) is 7.01. The number of aryl methyl sites for hydroxylation is 1. The van der Waals surface area contributed by atoms with Gasteiger partial charge < -0.3 is 10.2 Å². The molecule has 0 saturated heterocycles. The summed E-state index contributed by atoms with van der Waals surface area (Å²) in [7, 11) is 0. The average Bonchev–Trinajstić information content (AvgIpc) is 2.51. The summed E-state index contributed by atoms with van der Waals surface area (Å²) in [6.45, 7) is 2.04. The minimum atomic E-state index is -0.753. The number of nitrogens with zero attached hydrogens (tertiary/aromatic N) is 3. The predicted octanol–water partition coefficient (Wildman–Crippen LogP) is -0.806. The van der Waals surface area contributed by atoms with E-state index in [-0.39, 0.29) is 6.61 Å². The Labute approximate surface area is 70.6 Å². The fourth-order valence-corrected chi connectivity index (χ4v) is 0.964. The van der Waals surface area contributed by atoms with E-state index in [4.69, 9.17) is 10.2 Å². The fraction of sp³-hybridized carbons (Fsp3) is 0.714. The van der Waals surface area contributed by atoms with Crippen molar-refractivity contribution in [3.63, 3.8) is 0 Å². The molecule has 68 valence electrons. The quantitative estimate of drug-likeness (QED) is 0.621. The third-order valence-electron chi connectivity index (χ3n) is 1.65. The van der Waals surface area contributed by atoms with Crippen molar-refractivity contribution < 1.29 is 10.2 Å². The highest BCUT2D eigenvalue weighted by Crippen LogP contribution is 1.98. The first-order chi connectivity index (χ1) is 5.77. The molecule has 2 N–H and O–H groups in total. The van der Waals surface area contributed by atoms with Gasteiger partial charge in [0.15, 0.2) is 0 Å². The third-order valence-corrected chi connectivity index (χ3v) is 1.65. The van der Waals surface area contributed by atoms with E-state index >= 15 is 0 Å². The molecule has 1 heterocycles. The van der Waals surface area contributed by atoms with Crippen LogP contribution in [0.4, 0.5) is 0 Å². The van der Waals surface area contributed by atoms with Gasteiger partial charge in [-0.15, -0.1) is 5.10 Å². The largest absolute Gasteiger partial charge is 0.394 e. The van der Waals surface area contributed by atoms with E-state index in [0.29, 0.717) is 6.54 Å². The number of aliphatic hydroxyl groups excluding tert-OH is 2. The first-order valence-electron chi connectivity index (χ1n) is 3.94. The van der Waals surface area contributed by atoms with Crippen LogP contribution in [-0.2, 0) is 13.0 Å². The SMILES string of the molecule is CCc1cnnn1CC(O)CO. The molecule has 0 spiro atoms.